The van der Waals surface area contributed by atoms with Gasteiger partial charge in [0.2, 0.25) is 5.91 Å². The van der Waals surface area contributed by atoms with E-state index < -0.39 is 0 Å². The SMILES string of the molecule is C[C@@H]1CN(C(=O)CCN)c2ccc(F)cc2O1. The second-order valence-electron chi connectivity index (χ2n) is 4.08. The number of hydrogen-bond donors (Lipinski definition) is 1. The van der Waals surface area contributed by atoms with Crippen LogP contribution >= 0.6 is 0 Å². The predicted molar refractivity (Wildman–Crippen MR) is 62.5 cm³/mol. The summed E-state index contributed by atoms with van der Waals surface area (Å²) in [6.07, 6.45) is 0.134. The monoisotopic (exact) mass is 238 g/mol. The fourth-order valence-corrected chi connectivity index (χ4v) is 1.91. The lowest BCUT2D eigenvalue weighted by Crippen LogP contribution is -2.42. The Bertz CT molecular complexity index is 437. The number of nitrogens with zero attached hydrogens (tertiary/aromatic N) is 1. The van der Waals surface area contributed by atoms with Gasteiger partial charge < -0.3 is 15.4 Å². The van der Waals surface area contributed by atoms with Gasteiger partial charge in [-0.3, -0.25) is 4.79 Å². The Kier molecular flexibility index (Phi) is 3.28. The van der Waals surface area contributed by atoms with Crippen molar-refractivity contribution in [1.29, 1.82) is 0 Å². The van der Waals surface area contributed by atoms with Crippen molar-refractivity contribution >= 4 is 11.6 Å². The molecule has 2 N–H and O–H groups in total. The van der Waals surface area contributed by atoms with E-state index in [1.807, 2.05) is 6.92 Å². The van der Waals surface area contributed by atoms with Crippen LogP contribution in [0.4, 0.5) is 10.1 Å². The zero-order valence-corrected chi connectivity index (χ0v) is 9.65. The maximum atomic E-state index is 13.1. The molecule has 0 saturated carbocycles. The van der Waals surface area contributed by atoms with Crippen molar-refractivity contribution in [3.8, 4) is 5.75 Å². The average Bonchev–Trinajstić information content (AvgIpc) is 2.27. The van der Waals surface area contributed by atoms with Crippen molar-refractivity contribution in [2.75, 3.05) is 18.0 Å². The minimum Gasteiger partial charge on any atom is -0.487 e. The van der Waals surface area contributed by atoms with Gasteiger partial charge in [-0.2, -0.15) is 0 Å². The van der Waals surface area contributed by atoms with Crippen LogP contribution in [0.1, 0.15) is 13.3 Å². The highest BCUT2D eigenvalue weighted by atomic mass is 19.1. The molecule has 1 aromatic rings. The van der Waals surface area contributed by atoms with Crippen LogP contribution in [0.2, 0.25) is 0 Å². The molecule has 1 aliphatic rings. The maximum Gasteiger partial charge on any atom is 0.228 e. The molecule has 1 aliphatic heterocycles. The predicted octanol–water partition coefficient (Wildman–Crippen LogP) is 1.29. The minimum absolute atomic E-state index is 0.0597. The van der Waals surface area contributed by atoms with Crippen molar-refractivity contribution in [3.05, 3.63) is 24.0 Å². The zero-order chi connectivity index (χ0) is 12.4. The Morgan fingerprint density at radius 3 is 3.12 bits per heavy atom. The van der Waals surface area contributed by atoms with E-state index in [0.717, 1.165) is 0 Å². The largest absolute Gasteiger partial charge is 0.487 e. The average molecular weight is 238 g/mol. The first-order valence-corrected chi connectivity index (χ1v) is 5.58. The molecule has 1 amide bonds. The minimum atomic E-state index is -0.371. The van der Waals surface area contributed by atoms with Gasteiger partial charge in [0.05, 0.1) is 12.2 Å². The molecule has 0 spiro atoms. The molecule has 4 nitrogen and oxygen atoms in total. The number of carbonyl (C=O) groups excluding carboxylic acids is 1. The topological polar surface area (TPSA) is 55.6 Å². The van der Waals surface area contributed by atoms with Gasteiger partial charge in [0.25, 0.3) is 0 Å². The summed E-state index contributed by atoms with van der Waals surface area (Å²) in [6, 6.07) is 4.18. The lowest BCUT2D eigenvalue weighted by molar-refractivity contribution is -0.118. The summed E-state index contributed by atoms with van der Waals surface area (Å²) in [4.78, 5) is 13.5. The Hall–Kier alpha value is -1.62. The van der Waals surface area contributed by atoms with E-state index in [4.69, 9.17) is 10.5 Å². The highest BCUT2D eigenvalue weighted by Gasteiger charge is 2.27. The molecular formula is C12H15FN2O2. The van der Waals surface area contributed by atoms with Gasteiger partial charge in [-0.1, -0.05) is 0 Å². The molecule has 0 unspecified atom stereocenters. The highest BCUT2D eigenvalue weighted by Crippen LogP contribution is 2.34. The number of carbonyl (C=O) groups is 1. The zero-order valence-electron chi connectivity index (χ0n) is 9.65. The van der Waals surface area contributed by atoms with Crippen molar-refractivity contribution < 1.29 is 13.9 Å². The van der Waals surface area contributed by atoms with Gasteiger partial charge in [0.15, 0.2) is 0 Å². The molecule has 17 heavy (non-hydrogen) atoms. The number of ether oxygens (including phenoxy) is 1. The molecule has 1 heterocycles. The Balaban J connectivity index is 2.34. The van der Waals surface area contributed by atoms with Crippen LogP contribution in [0.15, 0.2) is 18.2 Å². The van der Waals surface area contributed by atoms with Gasteiger partial charge in [-0.15, -0.1) is 0 Å². The van der Waals surface area contributed by atoms with Crippen LogP contribution in [0.5, 0.6) is 5.75 Å². The number of nitrogens with two attached hydrogens (primary N) is 1. The molecule has 5 heteroatoms. The van der Waals surface area contributed by atoms with Gasteiger partial charge in [0.1, 0.15) is 17.7 Å². The number of halogens is 1. The summed E-state index contributed by atoms with van der Waals surface area (Å²) < 4.78 is 18.6. The van der Waals surface area contributed by atoms with E-state index in [0.29, 0.717) is 24.5 Å². The van der Waals surface area contributed by atoms with Gasteiger partial charge in [0, 0.05) is 19.0 Å². The number of fused-ring (bicyclic) bond motifs is 1. The van der Waals surface area contributed by atoms with Gasteiger partial charge in [-0.05, 0) is 19.1 Å². The third kappa shape index (κ3) is 2.39. The van der Waals surface area contributed by atoms with Crippen LogP contribution < -0.4 is 15.4 Å². The third-order valence-electron chi connectivity index (χ3n) is 2.64. The van der Waals surface area contributed by atoms with Gasteiger partial charge in [-0.25, -0.2) is 4.39 Å². The van der Waals surface area contributed by atoms with E-state index in [9.17, 15) is 9.18 Å². The Morgan fingerprint density at radius 1 is 1.65 bits per heavy atom. The molecule has 0 bridgehead atoms. The Labute approximate surface area is 99.2 Å². The van der Waals surface area contributed by atoms with Crippen LogP contribution in [-0.4, -0.2) is 25.1 Å². The second kappa shape index (κ2) is 4.71. The Morgan fingerprint density at radius 2 is 2.41 bits per heavy atom. The molecule has 1 aromatic carbocycles. The first kappa shape index (κ1) is 11.9. The van der Waals surface area contributed by atoms with Crippen LogP contribution in [0.25, 0.3) is 0 Å². The molecule has 0 aromatic heterocycles. The van der Waals surface area contributed by atoms with Crippen LogP contribution in [0, 0.1) is 5.82 Å². The maximum absolute atomic E-state index is 13.1. The molecule has 0 fully saturated rings. The fourth-order valence-electron chi connectivity index (χ4n) is 1.91. The lowest BCUT2D eigenvalue weighted by atomic mass is 10.2. The van der Waals surface area contributed by atoms with E-state index in [-0.39, 0.29) is 24.2 Å². The van der Waals surface area contributed by atoms with Gasteiger partial charge >= 0.3 is 0 Å². The van der Waals surface area contributed by atoms with Crippen molar-refractivity contribution in [3.63, 3.8) is 0 Å². The number of benzene rings is 1. The van der Waals surface area contributed by atoms with Crippen molar-refractivity contribution in [1.82, 2.24) is 0 Å². The quantitative estimate of drug-likeness (QED) is 0.844. The van der Waals surface area contributed by atoms with Crippen molar-refractivity contribution in [2.24, 2.45) is 5.73 Å². The summed E-state index contributed by atoms with van der Waals surface area (Å²) in [5, 5.41) is 0. The normalized spacial score (nSPS) is 18.5. The van der Waals surface area contributed by atoms with Crippen molar-refractivity contribution in [2.45, 2.75) is 19.4 Å². The first-order chi connectivity index (χ1) is 8.11. The third-order valence-corrected chi connectivity index (χ3v) is 2.64. The van der Waals surface area contributed by atoms with E-state index >= 15 is 0 Å². The van der Waals surface area contributed by atoms with E-state index in [1.54, 1.807) is 11.0 Å². The first-order valence-electron chi connectivity index (χ1n) is 5.58. The highest BCUT2D eigenvalue weighted by molar-refractivity contribution is 5.95. The summed E-state index contributed by atoms with van der Waals surface area (Å²) in [5.41, 5.74) is 5.99. The van der Waals surface area contributed by atoms with Crippen LogP contribution in [-0.2, 0) is 4.79 Å². The summed E-state index contributed by atoms with van der Waals surface area (Å²) >= 11 is 0. The second-order valence-corrected chi connectivity index (χ2v) is 4.08. The van der Waals surface area contributed by atoms with Crippen LogP contribution in [0.3, 0.4) is 0 Å². The molecule has 0 aliphatic carbocycles. The fraction of sp³-hybridized carbons (Fsp3) is 0.417. The lowest BCUT2D eigenvalue weighted by Gasteiger charge is -2.33. The molecule has 92 valence electrons. The number of hydrogen-bond acceptors (Lipinski definition) is 3. The standard InChI is InChI=1S/C12H15FN2O2/c1-8-7-15(12(16)4-5-14)10-3-2-9(13)6-11(10)17-8/h2-3,6,8H,4-5,7,14H2,1H3/t8-/m1/s1. The summed E-state index contributed by atoms with van der Waals surface area (Å²) in [6.45, 7) is 2.62. The summed E-state index contributed by atoms with van der Waals surface area (Å²) in [5.74, 6) is -0.0197. The number of amides is 1. The summed E-state index contributed by atoms with van der Waals surface area (Å²) in [7, 11) is 0. The number of rotatable bonds is 2. The molecule has 0 radical (unpaired) electrons. The molecular weight excluding hydrogens is 223 g/mol. The van der Waals surface area contributed by atoms with E-state index in [2.05, 4.69) is 0 Å². The molecule has 2 rings (SSSR count). The molecule has 0 saturated heterocycles. The van der Waals surface area contributed by atoms with E-state index in [1.165, 1.54) is 12.1 Å². The smallest absolute Gasteiger partial charge is 0.228 e. The molecule has 1 atom stereocenters. The number of anilines is 1.